The molecule has 0 aliphatic rings. The van der Waals surface area contributed by atoms with Gasteiger partial charge in [-0.25, -0.2) is 4.98 Å². The fourth-order valence-corrected chi connectivity index (χ4v) is 2.32. The monoisotopic (exact) mass is 296 g/mol. The first-order valence-corrected chi connectivity index (χ1v) is 5.09. The van der Waals surface area contributed by atoms with Crippen molar-refractivity contribution in [2.75, 3.05) is 7.05 Å². The molecule has 4 heteroatoms. The quantitative estimate of drug-likeness (QED) is 0.670. The lowest BCUT2D eigenvalue weighted by atomic mass is 10.1. The lowest BCUT2D eigenvalue weighted by molar-refractivity contribution is 0.646. The van der Waals surface area contributed by atoms with Crippen molar-refractivity contribution in [2.24, 2.45) is 0 Å². The van der Waals surface area contributed by atoms with Crippen LogP contribution in [0.4, 0.5) is 0 Å². The first-order valence-electron chi connectivity index (χ1n) is 3.64. The van der Waals surface area contributed by atoms with Crippen LogP contribution in [0.2, 0.25) is 5.15 Å². The summed E-state index contributed by atoms with van der Waals surface area (Å²) in [6.45, 7) is 2.06. The second-order valence-electron chi connectivity index (χ2n) is 2.51. The predicted octanol–water partition coefficient (Wildman–Crippen LogP) is 2.62. The van der Waals surface area contributed by atoms with E-state index < -0.39 is 0 Å². The Morgan fingerprint density at radius 2 is 2.33 bits per heavy atom. The van der Waals surface area contributed by atoms with Crippen molar-refractivity contribution >= 4 is 34.2 Å². The minimum atomic E-state index is 0.248. The van der Waals surface area contributed by atoms with E-state index >= 15 is 0 Å². The van der Waals surface area contributed by atoms with Gasteiger partial charge in [-0.1, -0.05) is 11.6 Å². The second-order valence-corrected chi connectivity index (χ2v) is 4.03. The van der Waals surface area contributed by atoms with Crippen LogP contribution in [-0.4, -0.2) is 12.0 Å². The Balaban J connectivity index is 3.12. The average molecular weight is 297 g/mol. The minimum absolute atomic E-state index is 0.248. The molecule has 0 aliphatic carbocycles. The molecule has 1 heterocycles. The normalized spacial score (nSPS) is 13.0. The molecular formula is C8H10ClIN2. The van der Waals surface area contributed by atoms with Gasteiger partial charge in [-0.05, 0) is 42.6 Å². The van der Waals surface area contributed by atoms with E-state index in [2.05, 4.69) is 39.8 Å². The third-order valence-corrected chi connectivity index (χ3v) is 3.00. The van der Waals surface area contributed by atoms with Gasteiger partial charge in [0.05, 0.1) is 0 Å². The lowest BCUT2D eigenvalue weighted by Crippen LogP contribution is -2.14. The van der Waals surface area contributed by atoms with Crippen molar-refractivity contribution in [3.63, 3.8) is 0 Å². The molecule has 0 saturated heterocycles. The van der Waals surface area contributed by atoms with Crippen LogP contribution in [0.1, 0.15) is 18.5 Å². The van der Waals surface area contributed by atoms with E-state index in [0.717, 1.165) is 9.13 Å². The highest BCUT2D eigenvalue weighted by Gasteiger charge is 2.11. The molecule has 0 saturated carbocycles. The van der Waals surface area contributed by atoms with Crippen molar-refractivity contribution in [2.45, 2.75) is 13.0 Å². The van der Waals surface area contributed by atoms with Gasteiger partial charge in [0.2, 0.25) is 0 Å². The Kier molecular flexibility index (Phi) is 3.74. The van der Waals surface area contributed by atoms with E-state index in [0.29, 0.717) is 5.15 Å². The van der Waals surface area contributed by atoms with Gasteiger partial charge in [-0.15, -0.1) is 0 Å². The fraction of sp³-hybridized carbons (Fsp3) is 0.375. The number of halogens is 2. The SMILES string of the molecule is CNC(C)c1c(I)ccnc1Cl. The number of rotatable bonds is 2. The molecule has 0 bridgehead atoms. The first-order chi connectivity index (χ1) is 5.66. The third kappa shape index (κ3) is 2.08. The van der Waals surface area contributed by atoms with E-state index in [-0.39, 0.29) is 6.04 Å². The molecule has 0 spiro atoms. The zero-order valence-corrected chi connectivity index (χ0v) is 9.85. The maximum absolute atomic E-state index is 5.95. The molecule has 1 aromatic heterocycles. The molecule has 0 aliphatic heterocycles. The highest BCUT2D eigenvalue weighted by atomic mass is 127. The van der Waals surface area contributed by atoms with Gasteiger partial charge >= 0.3 is 0 Å². The van der Waals surface area contributed by atoms with Crippen LogP contribution in [0.3, 0.4) is 0 Å². The summed E-state index contributed by atoms with van der Waals surface area (Å²) in [6, 6.07) is 2.20. The van der Waals surface area contributed by atoms with Crippen LogP contribution in [0, 0.1) is 3.57 Å². The van der Waals surface area contributed by atoms with E-state index in [1.165, 1.54) is 0 Å². The number of aromatic nitrogens is 1. The van der Waals surface area contributed by atoms with E-state index in [1.54, 1.807) is 6.20 Å². The summed E-state index contributed by atoms with van der Waals surface area (Å²) in [5.41, 5.74) is 1.07. The average Bonchev–Trinajstić information content (AvgIpc) is 2.03. The minimum Gasteiger partial charge on any atom is -0.313 e. The van der Waals surface area contributed by atoms with Crippen molar-refractivity contribution in [1.82, 2.24) is 10.3 Å². The number of nitrogens with zero attached hydrogens (tertiary/aromatic N) is 1. The van der Waals surface area contributed by atoms with Crippen LogP contribution in [-0.2, 0) is 0 Å². The van der Waals surface area contributed by atoms with Gasteiger partial charge < -0.3 is 5.32 Å². The Bertz CT molecular complexity index is 258. The van der Waals surface area contributed by atoms with Gasteiger partial charge in [-0.3, -0.25) is 0 Å². The van der Waals surface area contributed by atoms with Gasteiger partial charge in [0.15, 0.2) is 0 Å². The Morgan fingerprint density at radius 1 is 1.67 bits per heavy atom. The van der Waals surface area contributed by atoms with Gasteiger partial charge in [0.25, 0.3) is 0 Å². The maximum Gasteiger partial charge on any atom is 0.134 e. The summed E-state index contributed by atoms with van der Waals surface area (Å²) >= 11 is 8.21. The zero-order valence-electron chi connectivity index (χ0n) is 6.94. The molecule has 12 heavy (non-hydrogen) atoms. The van der Waals surface area contributed by atoms with Gasteiger partial charge in [-0.2, -0.15) is 0 Å². The fourth-order valence-electron chi connectivity index (χ4n) is 0.956. The lowest BCUT2D eigenvalue weighted by Gasteiger charge is -2.13. The largest absolute Gasteiger partial charge is 0.313 e. The van der Waals surface area contributed by atoms with Crippen molar-refractivity contribution in [3.8, 4) is 0 Å². The second kappa shape index (κ2) is 4.39. The zero-order chi connectivity index (χ0) is 9.14. The maximum atomic E-state index is 5.95. The molecule has 1 N–H and O–H groups in total. The Hall–Kier alpha value is 0.130. The highest BCUT2D eigenvalue weighted by Crippen LogP contribution is 2.25. The summed E-state index contributed by atoms with van der Waals surface area (Å²) in [4.78, 5) is 4.03. The Morgan fingerprint density at radius 3 is 2.83 bits per heavy atom. The van der Waals surface area contributed by atoms with Crippen molar-refractivity contribution in [1.29, 1.82) is 0 Å². The van der Waals surface area contributed by atoms with Crippen LogP contribution >= 0.6 is 34.2 Å². The van der Waals surface area contributed by atoms with E-state index in [4.69, 9.17) is 11.6 Å². The molecule has 0 amide bonds. The molecule has 66 valence electrons. The smallest absolute Gasteiger partial charge is 0.134 e. The summed E-state index contributed by atoms with van der Waals surface area (Å²) in [7, 11) is 1.91. The summed E-state index contributed by atoms with van der Waals surface area (Å²) < 4.78 is 1.15. The number of pyridine rings is 1. The number of hydrogen-bond donors (Lipinski definition) is 1. The predicted molar refractivity (Wildman–Crippen MR) is 59.4 cm³/mol. The first kappa shape index (κ1) is 10.2. The molecule has 0 aromatic carbocycles. The summed E-state index contributed by atoms with van der Waals surface area (Å²) in [5.74, 6) is 0. The van der Waals surface area contributed by atoms with Crippen LogP contribution < -0.4 is 5.32 Å². The summed E-state index contributed by atoms with van der Waals surface area (Å²) in [5, 5.41) is 3.72. The topological polar surface area (TPSA) is 24.9 Å². The molecule has 1 aromatic rings. The van der Waals surface area contributed by atoms with Crippen molar-refractivity contribution in [3.05, 3.63) is 26.5 Å². The van der Waals surface area contributed by atoms with Gasteiger partial charge in [0, 0.05) is 21.4 Å². The van der Waals surface area contributed by atoms with Crippen LogP contribution in [0.5, 0.6) is 0 Å². The number of hydrogen-bond acceptors (Lipinski definition) is 2. The molecule has 1 atom stereocenters. The molecule has 0 fully saturated rings. The van der Waals surface area contributed by atoms with Crippen LogP contribution in [0.25, 0.3) is 0 Å². The molecular weight excluding hydrogens is 286 g/mol. The Labute approximate surface area is 90.9 Å². The van der Waals surface area contributed by atoms with Crippen LogP contribution in [0.15, 0.2) is 12.3 Å². The van der Waals surface area contributed by atoms with Gasteiger partial charge in [0.1, 0.15) is 5.15 Å². The van der Waals surface area contributed by atoms with E-state index in [1.807, 2.05) is 13.1 Å². The molecule has 1 unspecified atom stereocenters. The highest BCUT2D eigenvalue weighted by molar-refractivity contribution is 14.1. The van der Waals surface area contributed by atoms with E-state index in [9.17, 15) is 0 Å². The molecule has 2 nitrogen and oxygen atoms in total. The molecule has 1 rings (SSSR count). The standard InChI is InChI=1S/C8H10ClIN2/c1-5(11-2)7-6(10)3-4-12-8(7)9/h3-5,11H,1-2H3. The molecule has 0 radical (unpaired) electrons. The summed E-state index contributed by atoms with van der Waals surface area (Å²) in [6.07, 6.45) is 1.72. The number of nitrogens with one attached hydrogen (secondary N) is 1. The van der Waals surface area contributed by atoms with Crippen molar-refractivity contribution < 1.29 is 0 Å². The third-order valence-electron chi connectivity index (χ3n) is 1.75.